The molecule has 1 aliphatic heterocycles. The van der Waals surface area contributed by atoms with Gasteiger partial charge < -0.3 is 14.7 Å². The zero-order valence-corrected chi connectivity index (χ0v) is 14.5. The van der Waals surface area contributed by atoms with Crippen molar-refractivity contribution in [3.63, 3.8) is 0 Å². The van der Waals surface area contributed by atoms with Crippen molar-refractivity contribution in [2.45, 2.75) is 26.1 Å². The second kappa shape index (κ2) is 8.64. The van der Waals surface area contributed by atoms with Crippen LogP contribution in [-0.2, 0) is 9.53 Å². The first-order chi connectivity index (χ1) is 11.0. The van der Waals surface area contributed by atoms with Gasteiger partial charge in [-0.25, -0.2) is 0 Å². The lowest BCUT2D eigenvalue weighted by Gasteiger charge is -2.35. The lowest BCUT2D eigenvalue weighted by atomic mass is 10.1. The molecule has 0 saturated carbocycles. The predicted molar refractivity (Wildman–Crippen MR) is 90.5 cm³/mol. The van der Waals surface area contributed by atoms with Crippen molar-refractivity contribution in [1.82, 2.24) is 9.80 Å². The fourth-order valence-electron chi connectivity index (χ4n) is 2.68. The molecule has 0 radical (unpaired) electrons. The van der Waals surface area contributed by atoms with E-state index >= 15 is 0 Å². The average Bonchev–Trinajstić information content (AvgIpc) is 2.54. The van der Waals surface area contributed by atoms with E-state index in [2.05, 4.69) is 4.90 Å². The maximum Gasteiger partial charge on any atom is 0.219 e. The Morgan fingerprint density at radius 2 is 1.87 bits per heavy atom. The highest BCUT2D eigenvalue weighted by atomic mass is 35.5. The van der Waals surface area contributed by atoms with Gasteiger partial charge in [0.15, 0.2) is 0 Å². The standard InChI is InChI=1S/C17H25ClN2O3/c1-13(15-3-5-16(18)6-4-15)23-12-17(22)11-19-7-9-20(10-8-19)14(2)21/h3-6,13,17,22H,7-12H2,1-2H3. The number of halogens is 1. The molecular formula is C17H25ClN2O3. The van der Waals surface area contributed by atoms with Crippen LogP contribution in [-0.4, -0.2) is 66.2 Å². The second-order valence-corrected chi connectivity index (χ2v) is 6.42. The lowest BCUT2D eigenvalue weighted by molar-refractivity contribution is -0.130. The number of β-amino-alcohol motifs (C(OH)–C–C–N with tert-alkyl or cyclic N) is 1. The molecule has 1 aromatic rings. The third kappa shape index (κ3) is 5.77. The van der Waals surface area contributed by atoms with Crippen molar-refractivity contribution >= 4 is 17.5 Å². The lowest BCUT2D eigenvalue weighted by Crippen LogP contribution is -2.50. The Morgan fingerprint density at radius 1 is 1.26 bits per heavy atom. The van der Waals surface area contributed by atoms with Gasteiger partial charge in [-0.1, -0.05) is 23.7 Å². The molecule has 1 N–H and O–H groups in total. The Bertz CT molecular complexity index is 501. The topological polar surface area (TPSA) is 53.0 Å². The molecule has 6 heteroatoms. The summed E-state index contributed by atoms with van der Waals surface area (Å²) in [6, 6.07) is 7.53. The molecule has 1 aromatic carbocycles. The van der Waals surface area contributed by atoms with Crippen LogP contribution in [0.2, 0.25) is 5.02 Å². The van der Waals surface area contributed by atoms with Crippen molar-refractivity contribution < 1.29 is 14.6 Å². The highest BCUT2D eigenvalue weighted by molar-refractivity contribution is 6.30. The third-order valence-corrected chi connectivity index (χ3v) is 4.42. The molecule has 0 aromatic heterocycles. The van der Waals surface area contributed by atoms with Crippen LogP contribution in [0.25, 0.3) is 0 Å². The summed E-state index contributed by atoms with van der Waals surface area (Å²) in [6.07, 6.45) is -0.620. The molecule has 0 aliphatic carbocycles. The van der Waals surface area contributed by atoms with Gasteiger partial charge >= 0.3 is 0 Å². The van der Waals surface area contributed by atoms with E-state index in [4.69, 9.17) is 16.3 Å². The zero-order chi connectivity index (χ0) is 16.8. The largest absolute Gasteiger partial charge is 0.389 e. The van der Waals surface area contributed by atoms with Crippen LogP contribution >= 0.6 is 11.6 Å². The number of amides is 1. The first-order valence-electron chi connectivity index (χ1n) is 7.98. The highest BCUT2D eigenvalue weighted by Gasteiger charge is 2.21. The molecule has 1 heterocycles. The first kappa shape index (κ1) is 18.2. The first-order valence-corrected chi connectivity index (χ1v) is 8.36. The molecule has 2 atom stereocenters. The number of hydrogen-bond acceptors (Lipinski definition) is 4. The van der Waals surface area contributed by atoms with Crippen molar-refractivity contribution in [2.75, 3.05) is 39.3 Å². The number of benzene rings is 1. The fourth-order valence-corrected chi connectivity index (χ4v) is 2.81. The SMILES string of the molecule is CC(=O)N1CCN(CC(O)COC(C)c2ccc(Cl)cc2)CC1. The summed E-state index contributed by atoms with van der Waals surface area (Å²) in [6.45, 7) is 7.45. The van der Waals surface area contributed by atoms with E-state index in [1.807, 2.05) is 36.1 Å². The summed E-state index contributed by atoms with van der Waals surface area (Å²) < 4.78 is 5.75. The van der Waals surface area contributed by atoms with E-state index in [0.717, 1.165) is 31.7 Å². The summed E-state index contributed by atoms with van der Waals surface area (Å²) in [5, 5.41) is 10.8. The van der Waals surface area contributed by atoms with Gasteiger partial charge in [-0.05, 0) is 24.6 Å². The number of piperazine rings is 1. The summed E-state index contributed by atoms with van der Waals surface area (Å²) in [5.41, 5.74) is 1.04. The molecule has 128 valence electrons. The number of hydrogen-bond donors (Lipinski definition) is 1. The minimum atomic E-state index is -0.534. The van der Waals surface area contributed by atoms with Crippen molar-refractivity contribution in [2.24, 2.45) is 0 Å². The van der Waals surface area contributed by atoms with Crippen molar-refractivity contribution in [3.8, 4) is 0 Å². The van der Waals surface area contributed by atoms with Crippen LogP contribution in [0.4, 0.5) is 0 Å². The fraction of sp³-hybridized carbons (Fsp3) is 0.588. The van der Waals surface area contributed by atoms with Gasteiger partial charge in [-0.3, -0.25) is 9.69 Å². The summed E-state index contributed by atoms with van der Waals surface area (Å²) in [5.74, 6) is 0.116. The van der Waals surface area contributed by atoms with Gasteiger partial charge in [0.25, 0.3) is 0 Å². The monoisotopic (exact) mass is 340 g/mol. The van der Waals surface area contributed by atoms with Crippen LogP contribution < -0.4 is 0 Å². The molecule has 5 nitrogen and oxygen atoms in total. The maximum absolute atomic E-state index is 11.3. The minimum Gasteiger partial charge on any atom is -0.389 e. The van der Waals surface area contributed by atoms with Crippen LogP contribution in [0.1, 0.15) is 25.5 Å². The minimum absolute atomic E-state index is 0.0866. The summed E-state index contributed by atoms with van der Waals surface area (Å²) in [4.78, 5) is 15.3. The van der Waals surface area contributed by atoms with Gasteiger partial charge in [-0.2, -0.15) is 0 Å². The van der Waals surface area contributed by atoms with Gasteiger partial charge in [0.2, 0.25) is 5.91 Å². The van der Waals surface area contributed by atoms with E-state index in [-0.39, 0.29) is 18.6 Å². The number of carbonyl (C=O) groups is 1. The van der Waals surface area contributed by atoms with Gasteiger partial charge in [0.05, 0.1) is 18.8 Å². The molecule has 23 heavy (non-hydrogen) atoms. The van der Waals surface area contributed by atoms with Crippen LogP contribution in [0.15, 0.2) is 24.3 Å². The summed E-state index contributed by atoms with van der Waals surface area (Å²) in [7, 11) is 0. The number of ether oxygens (including phenoxy) is 1. The molecule has 1 amide bonds. The number of aliphatic hydroxyl groups is 1. The Morgan fingerprint density at radius 3 is 2.43 bits per heavy atom. The second-order valence-electron chi connectivity index (χ2n) is 5.99. The Labute approximate surface area is 142 Å². The van der Waals surface area contributed by atoms with Gasteiger partial charge in [0, 0.05) is 44.7 Å². The normalized spacial score (nSPS) is 18.7. The number of rotatable bonds is 6. The highest BCUT2D eigenvalue weighted by Crippen LogP contribution is 2.19. The van der Waals surface area contributed by atoms with E-state index in [1.54, 1.807) is 6.92 Å². The molecule has 1 fully saturated rings. The number of carbonyl (C=O) groups excluding carboxylic acids is 1. The molecule has 2 unspecified atom stereocenters. The number of nitrogens with zero attached hydrogens (tertiary/aromatic N) is 2. The Balaban J connectivity index is 1.70. The van der Waals surface area contributed by atoms with E-state index in [9.17, 15) is 9.90 Å². The average molecular weight is 341 g/mol. The molecule has 1 aliphatic rings. The maximum atomic E-state index is 11.3. The number of aliphatic hydroxyl groups excluding tert-OH is 1. The molecule has 0 spiro atoms. The quantitative estimate of drug-likeness (QED) is 0.860. The molecule has 2 rings (SSSR count). The Hall–Kier alpha value is -1.14. The molecular weight excluding hydrogens is 316 g/mol. The predicted octanol–water partition coefficient (Wildman–Crippen LogP) is 1.94. The van der Waals surface area contributed by atoms with Crippen molar-refractivity contribution in [3.05, 3.63) is 34.9 Å². The summed E-state index contributed by atoms with van der Waals surface area (Å²) >= 11 is 5.87. The van der Waals surface area contributed by atoms with Crippen LogP contribution in [0, 0.1) is 0 Å². The Kier molecular flexibility index (Phi) is 6.84. The van der Waals surface area contributed by atoms with Gasteiger partial charge in [0.1, 0.15) is 0 Å². The van der Waals surface area contributed by atoms with E-state index in [1.165, 1.54) is 0 Å². The van der Waals surface area contributed by atoms with E-state index < -0.39 is 6.10 Å². The van der Waals surface area contributed by atoms with Crippen LogP contribution in [0.5, 0.6) is 0 Å². The molecule has 0 bridgehead atoms. The molecule has 1 saturated heterocycles. The van der Waals surface area contributed by atoms with E-state index in [0.29, 0.717) is 11.6 Å². The van der Waals surface area contributed by atoms with Crippen molar-refractivity contribution in [1.29, 1.82) is 0 Å². The van der Waals surface area contributed by atoms with Gasteiger partial charge in [-0.15, -0.1) is 0 Å². The smallest absolute Gasteiger partial charge is 0.219 e. The van der Waals surface area contributed by atoms with Crippen LogP contribution in [0.3, 0.4) is 0 Å². The zero-order valence-electron chi connectivity index (χ0n) is 13.7. The third-order valence-electron chi connectivity index (χ3n) is 4.16.